The molecule has 0 saturated carbocycles. The highest BCUT2D eigenvalue weighted by Gasteiger charge is 2.27. The SMILES string of the molecule is CCOC(=O)c1c(NC(=O)N/N=C/c2ccc(O)c(OCC)c2)sc2c1CCCC2. The van der Waals surface area contributed by atoms with Crippen LogP contribution < -0.4 is 15.5 Å². The van der Waals surface area contributed by atoms with Crippen molar-refractivity contribution in [3.63, 3.8) is 0 Å². The van der Waals surface area contributed by atoms with E-state index in [0.29, 0.717) is 28.5 Å². The molecular weight excluding hydrogens is 406 g/mol. The molecule has 0 fully saturated rings. The van der Waals surface area contributed by atoms with Crippen LogP contribution in [0.5, 0.6) is 11.5 Å². The number of fused-ring (bicyclic) bond motifs is 1. The van der Waals surface area contributed by atoms with Crippen molar-refractivity contribution < 1.29 is 24.2 Å². The van der Waals surface area contributed by atoms with Crippen molar-refractivity contribution in [2.45, 2.75) is 39.5 Å². The molecule has 1 aliphatic carbocycles. The first-order chi connectivity index (χ1) is 14.5. The lowest BCUT2D eigenvalue weighted by Crippen LogP contribution is -2.25. The van der Waals surface area contributed by atoms with Gasteiger partial charge in [0.2, 0.25) is 0 Å². The molecule has 0 spiro atoms. The lowest BCUT2D eigenvalue weighted by Gasteiger charge is -2.12. The highest BCUT2D eigenvalue weighted by atomic mass is 32.1. The third kappa shape index (κ3) is 5.10. The van der Waals surface area contributed by atoms with Crippen LogP contribution in [0.15, 0.2) is 23.3 Å². The molecule has 0 bridgehead atoms. The van der Waals surface area contributed by atoms with Crippen molar-refractivity contribution in [3.05, 3.63) is 39.8 Å². The lowest BCUT2D eigenvalue weighted by atomic mass is 9.95. The molecular formula is C21H25N3O5S. The summed E-state index contributed by atoms with van der Waals surface area (Å²) in [5.74, 6) is -0.0368. The van der Waals surface area contributed by atoms with Crippen LogP contribution in [-0.4, -0.2) is 36.5 Å². The third-order valence-electron chi connectivity index (χ3n) is 4.54. The van der Waals surface area contributed by atoms with E-state index in [9.17, 15) is 14.7 Å². The van der Waals surface area contributed by atoms with E-state index in [0.717, 1.165) is 36.1 Å². The van der Waals surface area contributed by atoms with Gasteiger partial charge in [0.1, 0.15) is 5.00 Å². The van der Waals surface area contributed by atoms with Gasteiger partial charge in [-0.15, -0.1) is 11.3 Å². The predicted molar refractivity (Wildman–Crippen MR) is 116 cm³/mol. The number of phenols is 1. The first-order valence-corrected chi connectivity index (χ1v) is 10.7. The minimum atomic E-state index is -0.556. The van der Waals surface area contributed by atoms with Crippen LogP contribution in [-0.2, 0) is 17.6 Å². The number of esters is 1. The zero-order chi connectivity index (χ0) is 21.5. The molecule has 8 nitrogen and oxygen atoms in total. The highest BCUT2D eigenvalue weighted by Crippen LogP contribution is 2.38. The maximum atomic E-state index is 12.4. The van der Waals surface area contributed by atoms with E-state index in [2.05, 4.69) is 15.8 Å². The Labute approximate surface area is 178 Å². The molecule has 3 rings (SSSR count). The summed E-state index contributed by atoms with van der Waals surface area (Å²) in [6.45, 7) is 4.27. The summed E-state index contributed by atoms with van der Waals surface area (Å²) in [6, 6.07) is 4.20. The van der Waals surface area contributed by atoms with Crippen molar-refractivity contribution in [1.82, 2.24) is 5.43 Å². The summed E-state index contributed by atoms with van der Waals surface area (Å²) in [4.78, 5) is 25.9. The zero-order valence-electron chi connectivity index (χ0n) is 17.0. The number of ether oxygens (including phenoxy) is 2. The largest absolute Gasteiger partial charge is 0.504 e. The highest BCUT2D eigenvalue weighted by molar-refractivity contribution is 7.17. The van der Waals surface area contributed by atoms with Gasteiger partial charge in [0, 0.05) is 4.88 Å². The van der Waals surface area contributed by atoms with E-state index in [4.69, 9.17) is 9.47 Å². The van der Waals surface area contributed by atoms with E-state index < -0.39 is 12.0 Å². The number of nitrogens with zero attached hydrogens (tertiary/aromatic N) is 1. The van der Waals surface area contributed by atoms with Gasteiger partial charge < -0.3 is 14.6 Å². The molecule has 0 aliphatic heterocycles. The molecule has 0 radical (unpaired) electrons. The average molecular weight is 432 g/mol. The van der Waals surface area contributed by atoms with Crippen LogP contribution in [0.2, 0.25) is 0 Å². The standard InChI is InChI=1S/C21H25N3O5S/c1-3-28-16-11-13(9-10-15(16)25)12-22-24-21(27)23-19-18(20(26)29-4-2)14-7-5-6-8-17(14)30-19/h9-12,25H,3-8H2,1-2H3,(H2,23,24,27)/b22-12+. The monoisotopic (exact) mass is 431 g/mol. The Hall–Kier alpha value is -3.07. The summed E-state index contributed by atoms with van der Waals surface area (Å²) >= 11 is 1.41. The second-order valence-electron chi connectivity index (χ2n) is 6.62. The molecule has 0 atom stereocenters. The first-order valence-electron chi connectivity index (χ1n) is 9.91. The quantitative estimate of drug-likeness (QED) is 0.348. The second-order valence-corrected chi connectivity index (χ2v) is 7.72. The normalized spacial score (nSPS) is 13.0. The fraction of sp³-hybridized carbons (Fsp3) is 0.381. The van der Waals surface area contributed by atoms with Gasteiger partial charge in [-0.2, -0.15) is 5.10 Å². The molecule has 1 aliphatic rings. The number of aromatic hydroxyl groups is 1. The number of amides is 2. The molecule has 1 aromatic carbocycles. The number of thiophene rings is 1. The molecule has 9 heteroatoms. The Bertz CT molecular complexity index is 954. The maximum Gasteiger partial charge on any atom is 0.341 e. The Morgan fingerprint density at radius 1 is 1.23 bits per heavy atom. The lowest BCUT2D eigenvalue weighted by molar-refractivity contribution is 0.0526. The van der Waals surface area contributed by atoms with E-state index >= 15 is 0 Å². The van der Waals surface area contributed by atoms with Crippen molar-refractivity contribution in [3.8, 4) is 11.5 Å². The van der Waals surface area contributed by atoms with E-state index in [1.165, 1.54) is 23.6 Å². The van der Waals surface area contributed by atoms with Gasteiger partial charge in [0.05, 0.1) is 25.0 Å². The van der Waals surface area contributed by atoms with E-state index in [1.54, 1.807) is 19.1 Å². The van der Waals surface area contributed by atoms with Gasteiger partial charge in [0.15, 0.2) is 11.5 Å². The molecule has 1 heterocycles. The van der Waals surface area contributed by atoms with Gasteiger partial charge in [-0.1, -0.05) is 0 Å². The second kappa shape index (κ2) is 10.1. The van der Waals surface area contributed by atoms with E-state index in [-0.39, 0.29) is 12.4 Å². The van der Waals surface area contributed by atoms with Crippen LogP contribution in [0.1, 0.15) is 53.1 Å². The molecule has 1 aromatic heterocycles. The number of hydrogen-bond donors (Lipinski definition) is 3. The molecule has 0 unspecified atom stereocenters. The first kappa shape index (κ1) is 21.6. The van der Waals surface area contributed by atoms with Crippen molar-refractivity contribution in [2.24, 2.45) is 5.10 Å². The number of hydrogen-bond acceptors (Lipinski definition) is 7. The Morgan fingerprint density at radius 3 is 2.80 bits per heavy atom. The Balaban J connectivity index is 1.69. The molecule has 3 N–H and O–H groups in total. The molecule has 2 aromatic rings. The summed E-state index contributed by atoms with van der Waals surface area (Å²) in [5, 5.41) is 16.9. The zero-order valence-corrected chi connectivity index (χ0v) is 17.8. The number of carbonyl (C=O) groups is 2. The Kier molecular flexibility index (Phi) is 7.29. The van der Waals surface area contributed by atoms with Gasteiger partial charge >= 0.3 is 12.0 Å². The van der Waals surface area contributed by atoms with Crippen LogP contribution >= 0.6 is 11.3 Å². The fourth-order valence-corrected chi connectivity index (χ4v) is 4.52. The van der Waals surface area contributed by atoms with Gasteiger partial charge in [0.25, 0.3) is 0 Å². The Morgan fingerprint density at radius 2 is 2.03 bits per heavy atom. The molecule has 30 heavy (non-hydrogen) atoms. The number of anilines is 1. The summed E-state index contributed by atoms with van der Waals surface area (Å²) in [6.07, 6.45) is 5.24. The number of rotatable bonds is 7. The van der Waals surface area contributed by atoms with Crippen LogP contribution in [0.4, 0.5) is 9.80 Å². The van der Waals surface area contributed by atoms with E-state index in [1.807, 2.05) is 6.92 Å². The van der Waals surface area contributed by atoms with Crippen LogP contribution in [0.25, 0.3) is 0 Å². The van der Waals surface area contributed by atoms with Gasteiger partial charge in [-0.05, 0) is 68.9 Å². The van der Waals surface area contributed by atoms with Crippen LogP contribution in [0, 0.1) is 0 Å². The van der Waals surface area contributed by atoms with Crippen LogP contribution in [0.3, 0.4) is 0 Å². The number of aryl methyl sites for hydroxylation is 1. The number of benzene rings is 1. The van der Waals surface area contributed by atoms with Crippen molar-refractivity contribution in [1.29, 1.82) is 0 Å². The molecule has 0 saturated heterocycles. The molecule has 2 amide bonds. The third-order valence-corrected chi connectivity index (χ3v) is 5.75. The number of urea groups is 1. The van der Waals surface area contributed by atoms with Crippen molar-refractivity contribution >= 4 is 34.6 Å². The number of nitrogens with one attached hydrogen (secondary N) is 2. The minimum Gasteiger partial charge on any atom is -0.504 e. The summed E-state index contributed by atoms with van der Waals surface area (Å²) in [7, 11) is 0. The predicted octanol–water partition coefficient (Wildman–Crippen LogP) is 4.06. The maximum absolute atomic E-state index is 12.4. The summed E-state index contributed by atoms with van der Waals surface area (Å²) < 4.78 is 10.5. The minimum absolute atomic E-state index is 0.0351. The number of carbonyl (C=O) groups excluding carboxylic acids is 2. The smallest absolute Gasteiger partial charge is 0.341 e. The van der Waals surface area contributed by atoms with Gasteiger partial charge in [-0.3, -0.25) is 5.32 Å². The number of hydrazone groups is 1. The average Bonchev–Trinajstić information content (AvgIpc) is 3.08. The van der Waals surface area contributed by atoms with Gasteiger partial charge in [-0.25, -0.2) is 15.0 Å². The summed E-state index contributed by atoms with van der Waals surface area (Å²) in [5.41, 5.74) is 4.48. The number of phenolic OH excluding ortho intramolecular Hbond substituents is 1. The fourth-order valence-electron chi connectivity index (χ4n) is 3.25. The van der Waals surface area contributed by atoms with Crippen molar-refractivity contribution in [2.75, 3.05) is 18.5 Å². The molecule has 160 valence electrons. The topological polar surface area (TPSA) is 109 Å².